The first-order valence-electron chi connectivity index (χ1n) is 14.4. The lowest BCUT2D eigenvalue weighted by atomic mass is 10.0. The van der Waals surface area contributed by atoms with Crippen LogP contribution in [0, 0.1) is 6.92 Å². The maximum Gasteiger partial charge on any atom is 0.264 e. The molecule has 0 radical (unpaired) electrons. The number of anilines is 1. The first kappa shape index (κ1) is 33.1. The predicted octanol–water partition coefficient (Wildman–Crippen LogP) is 6.69. The molecule has 3 aromatic carbocycles. The van der Waals surface area contributed by atoms with E-state index in [1.54, 1.807) is 60.7 Å². The molecule has 0 fully saturated rings. The van der Waals surface area contributed by atoms with E-state index in [0.29, 0.717) is 17.1 Å². The SMILES string of the molecule is CC[C@@H](C)NC(=O)[C@H](CC)N(Cc1ccc(Cl)cc1)C(=O)CN(c1ccc(C(C)C)cc1)S(=O)(=O)c1ccc(C)cc1. The molecule has 0 saturated carbocycles. The average Bonchev–Trinajstić information content (AvgIpc) is 2.96. The van der Waals surface area contributed by atoms with Gasteiger partial charge in [-0.2, -0.15) is 0 Å². The Hall–Kier alpha value is -3.36. The highest BCUT2D eigenvalue weighted by molar-refractivity contribution is 7.92. The van der Waals surface area contributed by atoms with Gasteiger partial charge >= 0.3 is 0 Å². The zero-order valence-corrected chi connectivity index (χ0v) is 26.9. The minimum Gasteiger partial charge on any atom is -0.352 e. The first-order valence-corrected chi connectivity index (χ1v) is 16.2. The summed E-state index contributed by atoms with van der Waals surface area (Å²) in [5, 5.41) is 3.54. The van der Waals surface area contributed by atoms with E-state index in [9.17, 15) is 18.0 Å². The molecule has 0 aliphatic carbocycles. The molecule has 2 atom stereocenters. The fraction of sp³-hybridized carbons (Fsp3) is 0.394. The Kier molecular flexibility index (Phi) is 11.6. The molecule has 0 aromatic heterocycles. The number of hydrogen-bond donors (Lipinski definition) is 1. The van der Waals surface area contributed by atoms with Crippen LogP contribution < -0.4 is 9.62 Å². The van der Waals surface area contributed by atoms with Crippen molar-refractivity contribution in [3.8, 4) is 0 Å². The first-order chi connectivity index (χ1) is 19.9. The molecule has 1 N–H and O–H groups in total. The molecule has 0 saturated heterocycles. The number of benzene rings is 3. The van der Waals surface area contributed by atoms with E-state index in [-0.39, 0.29) is 29.3 Å². The highest BCUT2D eigenvalue weighted by Crippen LogP contribution is 2.27. The quantitative estimate of drug-likeness (QED) is 0.233. The molecule has 0 aliphatic rings. The van der Waals surface area contributed by atoms with Gasteiger partial charge in [0.2, 0.25) is 11.8 Å². The second kappa shape index (κ2) is 14.7. The van der Waals surface area contributed by atoms with Crippen molar-refractivity contribution in [3.63, 3.8) is 0 Å². The number of nitrogens with zero attached hydrogens (tertiary/aromatic N) is 2. The Morgan fingerprint density at radius 2 is 1.45 bits per heavy atom. The summed E-state index contributed by atoms with van der Waals surface area (Å²) in [5.74, 6) is -0.504. The highest BCUT2D eigenvalue weighted by Gasteiger charge is 2.34. The van der Waals surface area contributed by atoms with Gasteiger partial charge in [-0.05, 0) is 80.1 Å². The summed E-state index contributed by atoms with van der Waals surface area (Å²) in [4.78, 5) is 29.1. The van der Waals surface area contributed by atoms with E-state index in [2.05, 4.69) is 19.2 Å². The van der Waals surface area contributed by atoms with Crippen molar-refractivity contribution < 1.29 is 18.0 Å². The summed E-state index contributed by atoms with van der Waals surface area (Å²) in [5.41, 5.74) is 3.12. The van der Waals surface area contributed by atoms with Crippen LogP contribution in [0.5, 0.6) is 0 Å². The van der Waals surface area contributed by atoms with Crippen LogP contribution in [0.1, 0.15) is 70.1 Å². The van der Waals surface area contributed by atoms with Crippen LogP contribution in [0.3, 0.4) is 0 Å². The number of aryl methyl sites for hydroxylation is 1. The minimum absolute atomic E-state index is 0.0723. The van der Waals surface area contributed by atoms with E-state index in [1.807, 2.05) is 39.8 Å². The Labute approximate surface area is 255 Å². The number of nitrogens with one attached hydrogen (secondary N) is 1. The van der Waals surface area contributed by atoms with Crippen LogP contribution in [0.25, 0.3) is 0 Å². The van der Waals surface area contributed by atoms with Gasteiger partial charge in [-0.15, -0.1) is 0 Å². The van der Waals surface area contributed by atoms with Gasteiger partial charge in [0, 0.05) is 17.6 Å². The van der Waals surface area contributed by atoms with Crippen LogP contribution >= 0.6 is 11.6 Å². The van der Waals surface area contributed by atoms with Crippen molar-refractivity contribution in [3.05, 3.63) is 94.5 Å². The number of carbonyl (C=O) groups excluding carboxylic acids is 2. The largest absolute Gasteiger partial charge is 0.352 e. The average molecular weight is 612 g/mol. The summed E-state index contributed by atoms with van der Waals surface area (Å²) >= 11 is 6.09. The third-order valence-electron chi connectivity index (χ3n) is 7.39. The summed E-state index contributed by atoms with van der Waals surface area (Å²) in [7, 11) is -4.12. The van der Waals surface area contributed by atoms with Crippen molar-refractivity contribution >= 4 is 39.1 Å². The van der Waals surface area contributed by atoms with Crippen LogP contribution in [0.4, 0.5) is 5.69 Å². The van der Waals surface area contributed by atoms with Gasteiger partial charge in [-0.25, -0.2) is 8.42 Å². The lowest BCUT2D eigenvalue weighted by Crippen LogP contribution is -2.53. The zero-order valence-electron chi connectivity index (χ0n) is 25.3. The van der Waals surface area contributed by atoms with E-state index in [4.69, 9.17) is 11.6 Å². The lowest BCUT2D eigenvalue weighted by molar-refractivity contribution is -0.140. The molecule has 226 valence electrons. The van der Waals surface area contributed by atoms with E-state index < -0.39 is 28.5 Å². The molecule has 3 aromatic rings. The van der Waals surface area contributed by atoms with Gasteiger partial charge in [0.25, 0.3) is 10.0 Å². The Morgan fingerprint density at radius 1 is 0.857 bits per heavy atom. The maximum absolute atomic E-state index is 14.2. The summed E-state index contributed by atoms with van der Waals surface area (Å²) in [6.45, 7) is 11.4. The van der Waals surface area contributed by atoms with E-state index >= 15 is 0 Å². The van der Waals surface area contributed by atoms with Crippen LogP contribution in [-0.2, 0) is 26.2 Å². The summed E-state index contributed by atoms with van der Waals surface area (Å²) in [6, 6.07) is 19.9. The monoisotopic (exact) mass is 611 g/mol. The molecule has 0 spiro atoms. The number of rotatable bonds is 13. The van der Waals surface area contributed by atoms with Crippen LogP contribution in [0.15, 0.2) is 77.7 Å². The molecular formula is C33H42ClN3O4S. The van der Waals surface area contributed by atoms with Gasteiger partial charge in [0.05, 0.1) is 10.6 Å². The normalized spacial score (nSPS) is 13.0. The Morgan fingerprint density at radius 3 is 1.98 bits per heavy atom. The van der Waals surface area contributed by atoms with E-state index in [0.717, 1.165) is 27.4 Å². The molecule has 0 bridgehead atoms. The third kappa shape index (κ3) is 8.35. The maximum atomic E-state index is 14.2. The highest BCUT2D eigenvalue weighted by atomic mass is 35.5. The fourth-order valence-electron chi connectivity index (χ4n) is 4.54. The molecule has 7 nitrogen and oxygen atoms in total. The molecule has 42 heavy (non-hydrogen) atoms. The number of halogens is 1. The van der Waals surface area contributed by atoms with Gasteiger partial charge in [0.1, 0.15) is 12.6 Å². The van der Waals surface area contributed by atoms with Crippen LogP contribution in [0.2, 0.25) is 5.02 Å². The second-order valence-corrected chi connectivity index (χ2v) is 13.3. The molecular weight excluding hydrogens is 570 g/mol. The number of carbonyl (C=O) groups is 2. The zero-order chi connectivity index (χ0) is 31.0. The fourth-order valence-corrected chi connectivity index (χ4v) is 6.08. The van der Waals surface area contributed by atoms with Gasteiger partial charge in [0.15, 0.2) is 0 Å². The number of sulfonamides is 1. The smallest absolute Gasteiger partial charge is 0.264 e. The molecule has 3 rings (SSSR count). The summed E-state index contributed by atoms with van der Waals surface area (Å²) in [6.07, 6.45) is 1.09. The second-order valence-electron chi connectivity index (χ2n) is 11.0. The van der Waals surface area contributed by atoms with Crippen molar-refractivity contribution in [2.45, 2.75) is 83.8 Å². The topological polar surface area (TPSA) is 86.8 Å². The van der Waals surface area contributed by atoms with Gasteiger partial charge in [-0.1, -0.05) is 81.3 Å². The number of amides is 2. The summed E-state index contributed by atoms with van der Waals surface area (Å²) < 4.78 is 29.2. The van der Waals surface area contributed by atoms with Crippen molar-refractivity contribution in [2.24, 2.45) is 0 Å². The standard InChI is InChI=1S/C33H42ClN3O4S/c1-7-25(6)35-33(39)31(8-2)36(21-26-11-15-28(34)16-12-26)32(38)22-37(29-17-13-27(14-18-29)23(3)4)42(40,41)30-19-9-24(5)10-20-30/h9-20,23,25,31H,7-8,21-22H2,1-6H3,(H,35,39)/t25-,31+/m1/s1. The molecule has 0 aliphatic heterocycles. The van der Waals surface area contributed by atoms with Crippen LogP contribution in [-0.4, -0.2) is 43.8 Å². The number of hydrogen-bond acceptors (Lipinski definition) is 4. The molecule has 2 amide bonds. The molecule has 0 heterocycles. The third-order valence-corrected chi connectivity index (χ3v) is 9.43. The van der Waals surface area contributed by atoms with Gasteiger partial charge in [-0.3, -0.25) is 13.9 Å². The van der Waals surface area contributed by atoms with Crippen molar-refractivity contribution in [2.75, 3.05) is 10.8 Å². The van der Waals surface area contributed by atoms with Gasteiger partial charge < -0.3 is 10.2 Å². The molecule has 0 unspecified atom stereocenters. The Bertz CT molecular complexity index is 1440. The lowest BCUT2D eigenvalue weighted by Gasteiger charge is -2.33. The van der Waals surface area contributed by atoms with E-state index in [1.165, 1.54) is 4.90 Å². The molecule has 9 heteroatoms. The predicted molar refractivity (Wildman–Crippen MR) is 170 cm³/mol. The van der Waals surface area contributed by atoms with Crippen molar-refractivity contribution in [1.29, 1.82) is 0 Å². The Balaban J connectivity index is 2.07. The minimum atomic E-state index is -4.12. The van der Waals surface area contributed by atoms with Crippen molar-refractivity contribution in [1.82, 2.24) is 10.2 Å².